The largest absolute Gasteiger partial charge is 0.296 e. The molecule has 0 unspecified atom stereocenters. The maximum absolute atomic E-state index is 12.3. The van der Waals surface area contributed by atoms with Gasteiger partial charge in [-0.25, -0.2) is 17.6 Å². The van der Waals surface area contributed by atoms with Crippen molar-refractivity contribution >= 4 is 11.4 Å². The van der Waals surface area contributed by atoms with E-state index in [1.807, 2.05) is 0 Å². The maximum atomic E-state index is 12.3. The molecule has 0 saturated carbocycles. The van der Waals surface area contributed by atoms with Crippen molar-refractivity contribution in [2.24, 2.45) is 0 Å². The molecule has 0 spiro atoms. The van der Waals surface area contributed by atoms with E-state index in [4.69, 9.17) is 10.8 Å². The molecule has 1 aliphatic rings. The van der Waals surface area contributed by atoms with Crippen molar-refractivity contribution in [3.8, 4) is 0 Å². The van der Waals surface area contributed by atoms with E-state index in [0.717, 1.165) is 0 Å². The highest BCUT2D eigenvalue weighted by atomic mass is 19.2. The van der Waals surface area contributed by atoms with Crippen LogP contribution in [0.3, 0.4) is 0 Å². The van der Waals surface area contributed by atoms with Crippen molar-refractivity contribution in [1.82, 2.24) is 0 Å². The minimum absolute atomic E-state index is 1.29. The van der Waals surface area contributed by atoms with Gasteiger partial charge < -0.3 is 0 Å². The van der Waals surface area contributed by atoms with Gasteiger partial charge in [0, 0.05) is 0 Å². The van der Waals surface area contributed by atoms with E-state index >= 15 is 0 Å². The van der Waals surface area contributed by atoms with Gasteiger partial charge in [0.05, 0.1) is 0 Å². The Bertz CT molecular complexity index is 290. The number of halogens is 4. The molecule has 0 aromatic heterocycles. The maximum Gasteiger partial charge on any atom is 0.199 e. The summed E-state index contributed by atoms with van der Waals surface area (Å²) >= 11 is 0. The molecule has 0 heterocycles. The van der Waals surface area contributed by atoms with Crippen LogP contribution in [0.25, 0.3) is 0 Å². The van der Waals surface area contributed by atoms with Crippen LogP contribution in [0.15, 0.2) is 23.3 Å². The van der Waals surface area contributed by atoms with Crippen LogP contribution in [-0.4, -0.2) is 11.4 Å². The molecule has 6 heteroatoms. The van der Waals surface area contributed by atoms with E-state index in [2.05, 4.69) is 0 Å². The Labute approximate surface area is 64.2 Å². The van der Waals surface area contributed by atoms with Gasteiger partial charge in [0.1, 0.15) is 11.4 Å². The Balaban J connectivity index is 3.37. The van der Waals surface area contributed by atoms with Crippen LogP contribution in [0.5, 0.6) is 0 Å². The second-order valence-electron chi connectivity index (χ2n) is 2.01. The molecule has 0 radical (unpaired) electrons. The molecule has 12 heavy (non-hydrogen) atoms. The summed E-state index contributed by atoms with van der Waals surface area (Å²) in [6.45, 7) is 0. The molecule has 0 aliphatic heterocycles. The van der Waals surface area contributed by atoms with Gasteiger partial charge in [0.2, 0.25) is 0 Å². The van der Waals surface area contributed by atoms with Gasteiger partial charge in [-0.2, -0.15) is 0 Å². The number of rotatable bonds is 0. The van der Waals surface area contributed by atoms with E-state index < -0.39 is 34.7 Å². The molecule has 1 aliphatic carbocycles. The van der Waals surface area contributed by atoms with Crippen molar-refractivity contribution < 1.29 is 17.6 Å². The van der Waals surface area contributed by atoms with Gasteiger partial charge in [0.15, 0.2) is 23.3 Å². The molecule has 0 bridgehead atoms. The fourth-order valence-corrected chi connectivity index (χ4v) is 0.632. The second-order valence-corrected chi connectivity index (χ2v) is 2.01. The van der Waals surface area contributed by atoms with Crippen LogP contribution in [0.4, 0.5) is 17.6 Å². The van der Waals surface area contributed by atoms with Crippen LogP contribution in [0.1, 0.15) is 0 Å². The van der Waals surface area contributed by atoms with Gasteiger partial charge in [0.25, 0.3) is 0 Å². The molecule has 0 fully saturated rings. The van der Waals surface area contributed by atoms with Crippen molar-refractivity contribution in [3.63, 3.8) is 0 Å². The molecular formula is C6H2F4N2. The van der Waals surface area contributed by atoms with Crippen LogP contribution < -0.4 is 0 Å². The summed E-state index contributed by atoms with van der Waals surface area (Å²) in [5.74, 6) is -7.82. The average Bonchev–Trinajstić information content (AvgIpc) is 2.08. The average molecular weight is 178 g/mol. The topological polar surface area (TPSA) is 47.7 Å². The molecule has 1 rings (SSSR count). The quantitative estimate of drug-likeness (QED) is 0.422. The van der Waals surface area contributed by atoms with Crippen molar-refractivity contribution in [2.45, 2.75) is 0 Å². The van der Waals surface area contributed by atoms with Gasteiger partial charge in [-0.1, -0.05) is 0 Å². The van der Waals surface area contributed by atoms with Gasteiger partial charge in [-0.05, 0) is 0 Å². The number of hydrogen-bond acceptors (Lipinski definition) is 2. The van der Waals surface area contributed by atoms with E-state index in [-0.39, 0.29) is 0 Å². The van der Waals surface area contributed by atoms with E-state index in [9.17, 15) is 17.6 Å². The molecule has 2 N–H and O–H groups in total. The molecule has 0 amide bonds. The first-order chi connectivity index (χ1) is 5.46. The fourth-order valence-electron chi connectivity index (χ4n) is 0.632. The molecule has 0 aromatic carbocycles. The molecule has 64 valence electrons. The predicted molar refractivity (Wildman–Crippen MR) is 33.9 cm³/mol. The van der Waals surface area contributed by atoms with Gasteiger partial charge >= 0.3 is 0 Å². The lowest BCUT2D eigenvalue weighted by atomic mass is 10.1. The number of hydrogen-bond donors (Lipinski definition) is 2. The lowest BCUT2D eigenvalue weighted by Gasteiger charge is -2.08. The summed E-state index contributed by atoms with van der Waals surface area (Å²) in [6.07, 6.45) is 0. The first kappa shape index (κ1) is 8.63. The first-order valence-electron chi connectivity index (χ1n) is 2.76. The third kappa shape index (κ3) is 0.956. The molecule has 2 nitrogen and oxygen atoms in total. The van der Waals surface area contributed by atoms with Gasteiger partial charge in [-0.15, -0.1) is 0 Å². The van der Waals surface area contributed by atoms with Crippen LogP contribution in [-0.2, 0) is 0 Å². The van der Waals surface area contributed by atoms with Crippen molar-refractivity contribution in [1.29, 1.82) is 10.8 Å². The third-order valence-corrected chi connectivity index (χ3v) is 1.27. The normalized spacial score (nSPS) is 19.3. The van der Waals surface area contributed by atoms with Gasteiger partial charge in [-0.3, -0.25) is 10.8 Å². The Morgan fingerprint density at radius 3 is 1.08 bits per heavy atom. The zero-order valence-electron chi connectivity index (χ0n) is 5.51. The molecule has 0 aromatic rings. The fraction of sp³-hybridized carbons (Fsp3) is 0. The Kier molecular flexibility index (Phi) is 1.83. The Hall–Kier alpha value is -1.46. The third-order valence-electron chi connectivity index (χ3n) is 1.27. The second kappa shape index (κ2) is 2.54. The number of nitrogens with one attached hydrogen (secondary N) is 2. The van der Waals surface area contributed by atoms with Crippen molar-refractivity contribution in [2.75, 3.05) is 0 Å². The summed E-state index contributed by atoms with van der Waals surface area (Å²) in [7, 11) is 0. The highest BCUT2D eigenvalue weighted by Crippen LogP contribution is 2.29. The zero-order chi connectivity index (χ0) is 9.46. The van der Waals surface area contributed by atoms with Crippen molar-refractivity contribution in [3.05, 3.63) is 23.3 Å². The van der Waals surface area contributed by atoms with E-state index in [0.29, 0.717) is 0 Å². The SMILES string of the molecule is N=C1C(=N)C(F)=C(F)C(F)=C1F. The summed E-state index contributed by atoms with van der Waals surface area (Å²) in [6, 6.07) is 0. The highest BCUT2D eigenvalue weighted by molar-refractivity contribution is 6.51. The standard InChI is InChI=1S/C6H2F4N2/c7-1-2(8)4(10)6(12)5(11)3(1)9/h11-12H. The minimum atomic E-state index is -2.06. The summed E-state index contributed by atoms with van der Waals surface area (Å²) in [5.41, 5.74) is -2.57. The lowest BCUT2D eigenvalue weighted by Crippen LogP contribution is -2.19. The Morgan fingerprint density at radius 2 is 0.833 bits per heavy atom. The van der Waals surface area contributed by atoms with E-state index in [1.165, 1.54) is 0 Å². The smallest absolute Gasteiger partial charge is 0.199 e. The summed E-state index contributed by atoms with van der Waals surface area (Å²) in [5, 5.41) is 13.2. The van der Waals surface area contributed by atoms with Crippen LogP contribution in [0.2, 0.25) is 0 Å². The Morgan fingerprint density at radius 1 is 0.583 bits per heavy atom. The van der Waals surface area contributed by atoms with Crippen LogP contribution in [0, 0.1) is 10.8 Å². The van der Waals surface area contributed by atoms with Crippen LogP contribution >= 0.6 is 0 Å². The number of allylic oxidation sites excluding steroid dienone is 4. The zero-order valence-corrected chi connectivity index (χ0v) is 5.51. The molecule has 0 saturated heterocycles. The predicted octanol–water partition coefficient (Wildman–Crippen LogP) is 2.34. The first-order valence-corrected chi connectivity index (χ1v) is 2.76. The molecular weight excluding hydrogens is 176 g/mol. The van der Waals surface area contributed by atoms with E-state index in [1.54, 1.807) is 0 Å². The summed E-state index contributed by atoms with van der Waals surface area (Å²) < 4.78 is 49.2. The summed E-state index contributed by atoms with van der Waals surface area (Å²) in [4.78, 5) is 0. The molecule has 0 atom stereocenters. The highest BCUT2D eigenvalue weighted by Gasteiger charge is 2.31. The lowest BCUT2D eigenvalue weighted by molar-refractivity contribution is 0.479. The minimum Gasteiger partial charge on any atom is -0.296 e. The monoisotopic (exact) mass is 178 g/mol.